The molecule has 7 heteroatoms. The average Bonchev–Trinajstić information content (AvgIpc) is 2.72. The summed E-state index contributed by atoms with van der Waals surface area (Å²) >= 11 is 18.9. The average molecular weight is 518 g/mol. The Labute approximate surface area is 215 Å². The quantitative estimate of drug-likeness (QED) is 0.381. The van der Waals surface area contributed by atoms with Gasteiger partial charge in [-0.1, -0.05) is 67.7 Å². The van der Waals surface area contributed by atoms with Crippen molar-refractivity contribution in [3.8, 4) is 28.3 Å². The van der Waals surface area contributed by atoms with Gasteiger partial charge in [-0.3, -0.25) is 4.79 Å². The van der Waals surface area contributed by atoms with Crippen LogP contribution in [0.25, 0.3) is 22.4 Å². The number of benzene rings is 2. The summed E-state index contributed by atoms with van der Waals surface area (Å²) in [6, 6.07) is 14.7. The zero-order valence-corrected chi connectivity index (χ0v) is 22.1. The third-order valence-corrected chi connectivity index (χ3v) is 6.59. The Kier molecular flexibility index (Phi) is 6.63. The van der Waals surface area contributed by atoms with Gasteiger partial charge in [-0.15, -0.1) is 0 Å². The van der Waals surface area contributed by atoms with Crippen LogP contribution >= 0.6 is 34.8 Å². The van der Waals surface area contributed by atoms with E-state index in [0.29, 0.717) is 33.1 Å². The van der Waals surface area contributed by atoms with Gasteiger partial charge in [0.2, 0.25) is 11.8 Å². The van der Waals surface area contributed by atoms with Gasteiger partial charge in [0, 0.05) is 38.6 Å². The van der Waals surface area contributed by atoms with Gasteiger partial charge in [-0.25, -0.2) is 4.98 Å². The molecule has 3 aromatic rings. The molecule has 0 saturated carbocycles. The van der Waals surface area contributed by atoms with Crippen LogP contribution in [0.3, 0.4) is 0 Å². The molecule has 0 radical (unpaired) electrons. The maximum Gasteiger partial charge on any atom is 0.225 e. The fraction of sp³-hybridized carbons (Fsp3) is 0.333. The number of nitrogens with one attached hydrogen (secondary N) is 1. The van der Waals surface area contributed by atoms with Crippen molar-refractivity contribution in [2.45, 2.75) is 52.7 Å². The molecule has 0 bridgehead atoms. The summed E-state index contributed by atoms with van der Waals surface area (Å²) in [5.41, 5.74) is 2.98. The number of ether oxygens (including phenoxy) is 1. The highest BCUT2D eigenvalue weighted by molar-refractivity contribution is 6.36. The predicted molar refractivity (Wildman–Crippen MR) is 140 cm³/mol. The molecule has 4 nitrogen and oxygen atoms in total. The number of nitrogens with zero attached hydrogens (tertiary/aromatic N) is 1. The van der Waals surface area contributed by atoms with Gasteiger partial charge in [0.15, 0.2) is 0 Å². The number of pyridine rings is 1. The molecule has 0 aliphatic carbocycles. The van der Waals surface area contributed by atoms with E-state index in [1.54, 1.807) is 12.1 Å². The maximum atomic E-state index is 12.9. The van der Waals surface area contributed by atoms with E-state index < -0.39 is 11.0 Å². The number of halogens is 3. The molecule has 1 N–H and O–H groups in total. The van der Waals surface area contributed by atoms with Crippen LogP contribution in [0.2, 0.25) is 15.1 Å². The minimum atomic E-state index is -0.522. The van der Waals surface area contributed by atoms with E-state index in [0.717, 1.165) is 22.3 Å². The summed E-state index contributed by atoms with van der Waals surface area (Å²) in [6.07, 6.45) is 0.616. The monoisotopic (exact) mass is 516 g/mol. The number of rotatable bonds is 3. The predicted octanol–water partition coefficient (Wildman–Crippen LogP) is 8.14. The highest BCUT2D eigenvalue weighted by Gasteiger charge is 2.38. The van der Waals surface area contributed by atoms with Crippen molar-refractivity contribution in [1.82, 2.24) is 10.3 Å². The molecule has 1 aromatic heterocycles. The molecule has 2 heterocycles. The second kappa shape index (κ2) is 9.07. The van der Waals surface area contributed by atoms with Crippen molar-refractivity contribution in [3.05, 3.63) is 69.2 Å². The summed E-state index contributed by atoms with van der Waals surface area (Å²) in [4.78, 5) is 17.8. The number of amides is 1. The lowest BCUT2D eigenvalue weighted by atomic mass is 9.87. The highest BCUT2D eigenvalue weighted by atomic mass is 35.5. The largest absolute Gasteiger partial charge is 0.471 e. The van der Waals surface area contributed by atoms with Crippen molar-refractivity contribution in [2.75, 3.05) is 0 Å². The molecule has 34 heavy (non-hydrogen) atoms. The van der Waals surface area contributed by atoms with Gasteiger partial charge in [0.25, 0.3) is 0 Å². The lowest BCUT2D eigenvalue weighted by Gasteiger charge is -2.38. The smallest absolute Gasteiger partial charge is 0.225 e. The Morgan fingerprint density at radius 1 is 1.00 bits per heavy atom. The molecule has 0 spiro atoms. The number of hydrogen-bond donors (Lipinski definition) is 1. The lowest BCUT2D eigenvalue weighted by molar-refractivity contribution is -0.129. The summed E-state index contributed by atoms with van der Waals surface area (Å²) < 4.78 is 6.30. The zero-order chi connectivity index (χ0) is 24.8. The Balaban J connectivity index is 1.93. The SMILES string of the molecule is CC1(C)CC(NC(=O)C(C)(C)C)c2cc(-c3ccc(Cl)cc3)c(-c3ccc(Cl)cc3Cl)nc2O1. The fourth-order valence-corrected chi connectivity index (χ4v) is 4.61. The number of carbonyl (C=O) groups excluding carboxylic acids is 1. The van der Waals surface area contributed by atoms with E-state index in [9.17, 15) is 4.79 Å². The van der Waals surface area contributed by atoms with Crippen molar-refractivity contribution < 1.29 is 9.53 Å². The van der Waals surface area contributed by atoms with Crippen LogP contribution in [-0.4, -0.2) is 16.5 Å². The summed E-state index contributed by atoms with van der Waals surface area (Å²) in [5.74, 6) is 0.452. The van der Waals surface area contributed by atoms with Crippen LogP contribution in [-0.2, 0) is 4.79 Å². The van der Waals surface area contributed by atoms with Gasteiger partial charge in [0.05, 0.1) is 16.8 Å². The minimum absolute atomic E-state index is 0.0287. The van der Waals surface area contributed by atoms with E-state index in [-0.39, 0.29) is 11.9 Å². The maximum absolute atomic E-state index is 12.9. The Morgan fingerprint density at radius 2 is 1.65 bits per heavy atom. The Hall–Kier alpha value is -2.27. The first kappa shape index (κ1) is 24.8. The van der Waals surface area contributed by atoms with E-state index >= 15 is 0 Å². The first-order chi connectivity index (χ1) is 15.8. The van der Waals surface area contributed by atoms with E-state index in [1.165, 1.54) is 0 Å². The van der Waals surface area contributed by atoms with Crippen LogP contribution in [0, 0.1) is 5.41 Å². The molecule has 4 rings (SSSR count). The van der Waals surface area contributed by atoms with Crippen LogP contribution in [0.15, 0.2) is 48.5 Å². The number of aromatic nitrogens is 1. The van der Waals surface area contributed by atoms with E-state index in [4.69, 9.17) is 44.5 Å². The topological polar surface area (TPSA) is 51.2 Å². The van der Waals surface area contributed by atoms with Crippen molar-refractivity contribution in [1.29, 1.82) is 0 Å². The summed E-state index contributed by atoms with van der Waals surface area (Å²) in [6.45, 7) is 9.69. The molecule has 1 amide bonds. The molecule has 0 fully saturated rings. The van der Waals surface area contributed by atoms with Crippen LogP contribution in [0.1, 0.15) is 52.6 Å². The van der Waals surface area contributed by atoms with Gasteiger partial charge >= 0.3 is 0 Å². The number of carbonyl (C=O) groups is 1. The molecule has 1 aliphatic heterocycles. The van der Waals surface area contributed by atoms with Crippen molar-refractivity contribution in [2.24, 2.45) is 5.41 Å². The molecular weight excluding hydrogens is 491 g/mol. The molecule has 178 valence electrons. The lowest BCUT2D eigenvalue weighted by Crippen LogP contribution is -2.44. The van der Waals surface area contributed by atoms with E-state index in [1.807, 2.05) is 71.0 Å². The number of fused-ring (bicyclic) bond motifs is 1. The summed E-state index contributed by atoms with van der Waals surface area (Å²) in [5, 5.41) is 4.89. The second-order valence-electron chi connectivity index (χ2n) is 10.3. The highest BCUT2D eigenvalue weighted by Crippen LogP contribution is 2.45. The standard InChI is InChI=1S/C27H27Cl3N2O2/c1-26(2,3)25(33)31-22-14-27(4,5)34-24-20(22)13-19(15-6-8-16(28)9-7-15)23(32-24)18-11-10-17(29)12-21(18)30/h6-13,22H,14H2,1-5H3,(H,31,33). The second-order valence-corrected chi connectivity index (χ2v) is 11.5. The first-order valence-electron chi connectivity index (χ1n) is 11.1. The summed E-state index contributed by atoms with van der Waals surface area (Å²) in [7, 11) is 0. The first-order valence-corrected chi connectivity index (χ1v) is 12.2. The third kappa shape index (κ3) is 5.19. The van der Waals surface area contributed by atoms with Crippen molar-refractivity contribution in [3.63, 3.8) is 0 Å². The third-order valence-electron chi connectivity index (χ3n) is 5.79. The van der Waals surface area contributed by atoms with Crippen LogP contribution in [0.5, 0.6) is 5.88 Å². The Bertz CT molecular complexity index is 1250. The number of hydrogen-bond acceptors (Lipinski definition) is 3. The molecular formula is C27H27Cl3N2O2. The van der Waals surface area contributed by atoms with Gasteiger partial charge in [-0.05, 0) is 55.8 Å². The van der Waals surface area contributed by atoms with Gasteiger partial charge in [0.1, 0.15) is 5.60 Å². The molecule has 2 aromatic carbocycles. The van der Waals surface area contributed by atoms with Gasteiger partial charge < -0.3 is 10.1 Å². The molecule has 1 atom stereocenters. The van der Waals surface area contributed by atoms with E-state index in [2.05, 4.69) is 5.32 Å². The molecule has 1 aliphatic rings. The molecule has 0 saturated heterocycles. The Morgan fingerprint density at radius 3 is 2.26 bits per heavy atom. The van der Waals surface area contributed by atoms with Crippen LogP contribution in [0.4, 0.5) is 0 Å². The zero-order valence-electron chi connectivity index (χ0n) is 19.8. The van der Waals surface area contributed by atoms with Crippen molar-refractivity contribution >= 4 is 40.7 Å². The van der Waals surface area contributed by atoms with Gasteiger partial charge in [-0.2, -0.15) is 0 Å². The fourth-order valence-electron chi connectivity index (χ4n) is 3.99. The molecule has 1 unspecified atom stereocenters. The normalized spacial score (nSPS) is 17.0. The minimum Gasteiger partial charge on any atom is -0.471 e. The van der Waals surface area contributed by atoms with Crippen LogP contribution < -0.4 is 10.1 Å².